The molecule has 214 valence electrons. The van der Waals surface area contributed by atoms with Gasteiger partial charge in [-0.1, -0.05) is 60.7 Å². The minimum absolute atomic E-state index is 0.0569. The summed E-state index contributed by atoms with van der Waals surface area (Å²) >= 11 is 0. The highest BCUT2D eigenvalue weighted by atomic mass is 16.6. The maximum Gasteiger partial charge on any atom is 0.417 e. The number of ether oxygens (including phenoxy) is 4. The standard InChI is InChI=1S/C28H34N4O8/c1-28(2,3)40-26(35)31-16-21(15-22(31)23(33)37-4)32(27(36)39-18-20-13-9-6-10-14-20)24(29)30-25(34)38-17-19-11-7-5-8-12-19/h5-14,21-22H,15-18H2,1-4H3,(H2,29,30,34)/t21-,22+/m1/s1. The van der Waals surface area contributed by atoms with Crippen molar-refractivity contribution in [1.29, 1.82) is 5.41 Å². The maximum atomic E-state index is 13.3. The SMILES string of the molecule is COC(=O)[C@@H]1C[C@@H](N(C(=N)NC(=O)OCc2ccccc2)C(=O)OCc2ccccc2)CN1C(=O)OC(C)(C)C. The average Bonchev–Trinajstić information content (AvgIpc) is 3.36. The first-order valence-electron chi connectivity index (χ1n) is 12.6. The summed E-state index contributed by atoms with van der Waals surface area (Å²) in [5.41, 5.74) is 0.584. The predicted octanol–water partition coefficient (Wildman–Crippen LogP) is 4.04. The number of likely N-dealkylation sites (tertiary alicyclic amines) is 1. The third-order valence-electron chi connectivity index (χ3n) is 5.82. The second-order valence-electron chi connectivity index (χ2n) is 10.0. The van der Waals surface area contributed by atoms with Gasteiger partial charge in [0.1, 0.15) is 24.9 Å². The number of rotatable bonds is 6. The first-order valence-corrected chi connectivity index (χ1v) is 12.6. The number of carbonyl (C=O) groups is 4. The Labute approximate surface area is 232 Å². The Balaban J connectivity index is 1.79. The van der Waals surface area contributed by atoms with Gasteiger partial charge in [0.15, 0.2) is 0 Å². The lowest BCUT2D eigenvalue weighted by atomic mass is 10.1. The van der Waals surface area contributed by atoms with Crippen molar-refractivity contribution in [2.75, 3.05) is 13.7 Å². The van der Waals surface area contributed by atoms with Gasteiger partial charge in [0.05, 0.1) is 13.2 Å². The number of esters is 1. The molecule has 0 bridgehead atoms. The Morgan fingerprint density at radius 1 is 0.950 bits per heavy atom. The van der Waals surface area contributed by atoms with Crippen LogP contribution in [0, 0.1) is 5.41 Å². The van der Waals surface area contributed by atoms with Crippen LogP contribution in [0.1, 0.15) is 38.3 Å². The van der Waals surface area contributed by atoms with Crippen molar-refractivity contribution in [3.05, 3.63) is 71.8 Å². The molecule has 1 aliphatic heterocycles. The molecular formula is C28H34N4O8. The van der Waals surface area contributed by atoms with Crippen LogP contribution in [-0.4, -0.2) is 71.3 Å². The second kappa shape index (κ2) is 13.5. The van der Waals surface area contributed by atoms with Crippen LogP contribution in [0.2, 0.25) is 0 Å². The number of hydrogen-bond donors (Lipinski definition) is 2. The van der Waals surface area contributed by atoms with Crippen LogP contribution in [0.25, 0.3) is 0 Å². The fourth-order valence-electron chi connectivity index (χ4n) is 4.01. The Hall–Kier alpha value is -4.61. The van der Waals surface area contributed by atoms with E-state index in [0.717, 1.165) is 15.4 Å². The monoisotopic (exact) mass is 554 g/mol. The van der Waals surface area contributed by atoms with Crippen LogP contribution < -0.4 is 5.32 Å². The number of carbonyl (C=O) groups excluding carboxylic acids is 4. The number of benzene rings is 2. The highest BCUT2D eigenvalue weighted by Gasteiger charge is 2.47. The van der Waals surface area contributed by atoms with Crippen molar-refractivity contribution in [2.45, 2.75) is 58.1 Å². The molecule has 3 amide bonds. The number of hydrogen-bond acceptors (Lipinski definition) is 9. The highest BCUT2D eigenvalue weighted by Crippen LogP contribution is 2.26. The fourth-order valence-corrected chi connectivity index (χ4v) is 4.01. The van der Waals surface area contributed by atoms with Crippen LogP contribution in [0.15, 0.2) is 60.7 Å². The van der Waals surface area contributed by atoms with Gasteiger partial charge in [0.2, 0.25) is 5.96 Å². The number of methoxy groups -OCH3 is 1. The van der Waals surface area contributed by atoms with E-state index in [-0.39, 0.29) is 26.2 Å². The summed E-state index contributed by atoms with van der Waals surface area (Å²) in [7, 11) is 1.18. The van der Waals surface area contributed by atoms with Crippen molar-refractivity contribution >= 4 is 30.2 Å². The van der Waals surface area contributed by atoms with Gasteiger partial charge in [-0.3, -0.25) is 15.6 Å². The van der Waals surface area contributed by atoms with E-state index < -0.39 is 47.9 Å². The Morgan fingerprint density at radius 3 is 2.02 bits per heavy atom. The fraction of sp³-hybridized carbons (Fsp3) is 0.393. The minimum Gasteiger partial charge on any atom is -0.467 e. The Bertz CT molecular complexity index is 1200. The molecular weight excluding hydrogens is 520 g/mol. The Kier molecular flexibility index (Phi) is 10.1. The topological polar surface area (TPSA) is 148 Å². The van der Waals surface area contributed by atoms with E-state index in [1.54, 1.807) is 69.3 Å². The molecule has 2 N–H and O–H groups in total. The van der Waals surface area contributed by atoms with Crippen LogP contribution >= 0.6 is 0 Å². The summed E-state index contributed by atoms with van der Waals surface area (Å²) in [5, 5.41) is 10.8. The van der Waals surface area contributed by atoms with Crippen molar-refractivity contribution in [1.82, 2.24) is 15.1 Å². The molecule has 1 saturated heterocycles. The van der Waals surface area contributed by atoms with Gasteiger partial charge in [-0.15, -0.1) is 0 Å². The molecule has 1 heterocycles. The van der Waals surface area contributed by atoms with Gasteiger partial charge in [-0.05, 0) is 31.9 Å². The summed E-state index contributed by atoms with van der Waals surface area (Å²) < 4.78 is 20.9. The lowest BCUT2D eigenvalue weighted by Gasteiger charge is -2.29. The maximum absolute atomic E-state index is 13.3. The van der Waals surface area contributed by atoms with E-state index in [0.29, 0.717) is 5.56 Å². The van der Waals surface area contributed by atoms with E-state index >= 15 is 0 Å². The van der Waals surface area contributed by atoms with Gasteiger partial charge in [-0.25, -0.2) is 24.1 Å². The van der Waals surface area contributed by atoms with Crippen molar-refractivity contribution < 1.29 is 38.1 Å². The predicted molar refractivity (Wildman–Crippen MR) is 143 cm³/mol. The number of guanidine groups is 1. The summed E-state index contributed by atoms with van der Waals surface area (Å²) in [6, 6.07) is 15.8. The first-order chi connectivity index (χ1) is 19.0. The molecule has 2 atom stereocenters. The molecule has 1 fully saturated rings. The van der Waals surface area contributed by atoms with Crippen molar-refractivity contribution in [2.24, 2.45) is 0 Å². The van der Waals surface area contributed by atoms with Gasteiger partial charge >= 0.3 is 24.2 Å². The molecule has 0 radical (unpaired) electrons. The molecule has 0 saturated carbocycles. The van der Waals surface area contributed by atoms with Crippen molar-refractivity contribution in [3.8, 4) is 0 Å². The molecule has 3 rings (SSSR count). The smallest absolute Gasteiger partial charge is 0.417 e. The van der Waals surface area contributed by atoms with Crippen LogP contribution in [0.3, 0.4) is 0 Å². The molecule has 2 aromatic rings. The average molecular weight is 555 g/mol. The third-order valence-corrected chi connectivity index (χ3v) is 5.82. The Morgan fingerprint density at radius 2 is 1.50 bits per heavy atom. The minimum atomic E-state index is -1.09. The summed E-state index contributed by atoms with van der Waals surface area (Å²) in [4.78, 5) is 53.3. The van der Waals surface area contributed by atoms with E-state index in [4.69, 9.17) is 24.4 Å². The number of nitrogens with one attached hydrogen (secondary N) is 2. The third kappa shape index (κ3) is 8.45. The lowest BCUT2D eigenvalue weighted by Crippen LogP contribution is -2.52. The molecule has 12 heteroatoms. The van der Waals surface area contributed by atoms with Crippen molar-refractivity contribution in [3.63, 3.8) is 0 Å². The molecule has 0 unspecified atom stereocenters. The largest absolute Gasteiger partial charge is 0.467 e. The summed E-state index contributed by atoms with van der Waals surface area (Å²) in [6.45, 7) is 4.69. The van der Waals surface area contributed by atoms with E-state index in [2.05, 4.69) is 5.32 Å². The summed E-state index contributed by atoms with van der Waals surface area (Å²) in [6.07, 6.45) is -2.81. The molecule has 0 aliphatic carbocycles. The molecule has 12 nitrogen and oxygen atoms in total. The summed E-state index contributed by atoms with van der Waals surface area (Å²) in [5.74, 6) is -1.36. The van der Waals surface area contributed by atoms with E-state index in [1.807, 2.05) is 12.1 Å². The van der Waals surface area contributed by atoms with Crippen LogP contribution in [0.5, 0.6) is 0 Å². The molecule has 1 aliphatic rings. The van der Waals surface area contributed by atoms with Gasteiger partial charge in [0, 0.05) is 13.0 Å². The number of alkyl carbamates (subject to hydrolysis) is 1. The molecule has 0 spiro atoms. The molecule has 2 aromatic carbocycles. The zero-order valence-corrected chi connectivity index (χ0v) is 22.9. The zero-order valence-electron chi connectivity index (χ0n) is 22.9. The van der Waals surface area contributed by atoms with Gasteiger partial charge in [-0.2, -0.15) is 0 Å². The van der Waals surface area contributed by atoms with Crippen LogP contribution in [0.4, 0.5) is 14.4 Å². The first kappa shape index (κ1) is 29.9. The van der Waals surface area contributed by atoms with Gasteiger partial charge in [0.25, 0.3) is 0 Å². The highest BCUT2D eigenvalue weighted by molar-refractivity contribution is 6.00. The normalized spacial score (nSPS) is 16.4. The number of amides is 3. The molecule has 0 aromatic heterocycles. The van der Waals surface area contributed by atoms with E-state index in [9.17, 15) is 19.2 Å². The van der Waals surface area contributed by atoms with Gasteiger partial charge < -0.3 is 18.9 Å². The second-order valence-corrected chi connectivity index (χ2v) is 10.0. The van der Waals surface area contributed by atoms with E-state index in [1.165, 1.54) is 7.11 Å². The quantitative estimate of drug-likeness (QED) is 0.235. The van der Waals surface area contributed by atoms with Crippen LogP contribution in [-0.2, 0) is 37.0 Å². The molecule has 40 heavy (non-hydrogen) atoms. The zero-order chi connectivity index (χ0) is 29.3. The lowest BCUT2D eigenvalue weighted by molar-refractivity contribution is -0.145. The number of nitrogens with zero attached hydrogens (tertiary/aromatic N) is 2.